The molecule has 2 saturated heterocycles. The molecule has 0 aliphatic carbocycles. The van der Waals surface area contributed by atoms with Crippen molar-refractivity contribution in [3.05, 3.63) is 18.5 Å². The molecule has 0 radical (unpaired) electrons. The van der Waals surface area contributed by atoms with Gasteiger partial charge in [-0.2, -0.15) is 0 Å². The first-order valence-electron chi connectivity index (χ1n) is 7.01. The Balaban J connectivity index is 1.65. The summed E-state index contributed by atoms with van der Waals surface area (Å²) in [7, 11) is 0. The highest BCUT2D eigenvalue weighted by Gasteiger charge is 2.19. The Morgan fingerprint density at radius 3 is 2.84 bits per heavy atom. The molecule has 2 fully saturated rings. The molecule has 2 aliphatic rings. The lowest BCUT2D eigenvalue weighted by molar-refractivity contribution is 0.141. The first-order chi connectivity index (χ1) is 9.31. The van der Waals surface area contributed by atoms with Crippen molar-refractivity contribution in [2.75, 3.05) is 31.2 Å². The molecule has 2 N–H and O–H groups in total. The zero-order valence-electron chi connectivity index (χ0n) is 11.1. The van der Waals surface area contributed by atoms with E-state index in [1.54, 1.807) is 6.20 Å². The number of nitrogens with two attached hydrogens (primary N) is 1. The predicted octanol–water partition coefficient (Wildman–Crippen LogP) is 1.18. The molecule has 0 aromatic carbocycles. The van der Waals surface area contributed by atoms with Crippen molar-refractivity contribution in [3.8, 4) is 5.75 Å². The van der Waals surface area contributed by atoms with E-state index < -0.39 is 0 Å². The minimum atomic E-state index is 0.173. The van der Waals surface area contributed by atoms with Crippen LogP contribution in [0.25, 0.3) is 0 Å². The lowest BCUT2D eigenvalue weighted by atomic mass is 10.1. The second kappa shape index (κ2) is 5.75. The normalized spacial score (nSPS) is 24.7. The second-order valence-corrected chi connectivity index (χ2v) is 5.31. The Labute approximate surface area is 113 Å². The van der Waals surface area contributed by atoms with Crippen molar-refractivity contribution in [3.63, 3.8) is 0 Å². The molecule has 0 spiro atoms. The molecule has 1 atom stereocenters. The van der Waals surface area contributed by atoms with Crippen LogP contribution in [0.1, 0.15) is 19.3 Å². The SMILES string of the molecule is NC1CCN(c2cncc(OC3CCOC3)c2)CC1. The van der Waals surface area contributed by atoms with Crippen LogP contribution in [0.15, 0.2) is 18.5 Å². The van der Waals surface area contributed by atoms with Gasteiger partial charge in [0.1, 0.15) is 11.9 Å². The summed E-state index contributed by atoms with van der Waals surface area (Å²) in [5.74, 6) is 0.836. The summed E-state index contributed by atoms with van der Waals surface area (Å²) in [5.41, 5.74) is 7.06. The van der Waals surface area contributed by atoms with E-state index in [0.717, 1.165) is 50.4 Å². The van der Waals surface area contributed by atoms with Gasteiger partial charge in [0.15, 0.2) is 0 Å². The van der Waals surface area contributed by atoms with E-state index in [0.29, 0.717) is 12.6 Å². The van der Waals surface area contributed by atoms with Crippen molar-refractivity contribution < 1.29 is 9.47 Å². The largest absolute Gasteiger partial charge is 0.486 e. The van der Waals surface area contributed by atoms with Gasteiger partial charge >= 0.3 is 0 Å². The van der Waals surface area contributed by atoms with E-state index in [1.807, 2.05) is 6.20 Å². The van der Waals surface area contributed by atoms with Crippen LogP contribution < -0.4 is 15.4 Å². The molecular formula is C14H21N3O2. The van der Waals surface area contributed by atoms with Crippen LogP contribution >= 0.6 is 0 Å². The molecule has 3 heterocycles. The topological polar surface area (TPSA) is 60.6 Å². The van der Waals surface area contributed by atoms with Crippen molar-refractivity contribution in [2.45, 2.75) is 31.4 Å². The molecule has 0 bridgehead atoms. The molecule has 2 aliphatic heterocycles. The average molecular weight is 263 g/mol. The van der Waals surface area contributed by atoms with Gasteiger partial charge in [-0.1, -0.05) is 0 Å². The molecule has 1 aromatic heterocycles. The van der Waals surface area contributed by atoms with Gasteiger partial charge in [0.05, 0.1) is 31.3 Å². The van der Waals surface area contributed by atoms with Crippen molar-refractivity contribution in [1.29, 1.82) is 0 Å². The summed E-state index contributed by atoms with van der Waals surface area (Å²) in [6, 6.07) is 2.42. The van der Waals surface area contributed by atoms with Gasteiger partial charge in [-0.05, 0) is 12.8 Å². The third-order valence-electron chi connectivity index (χ3n) is 3.79. The first kappa shape index (κ1) is 12.7. The quantitative estimate of drug-likeness (QED) is 0.887. The Morgan fingerprint density at radius 2 is 2.11 bits per heavy atom. The van der Waals surface area contributed by atoms with E-state index in [2.05, 4.69) is 16.0 Å². The van der Waals surface area contributed by atoms with Gasteiger partial charge in [-0.3, -0.25) is 4.98 Å². The Kier molecular flexibility index (Phi) is 3.84. The van der Waals surface area contributed by atoms with E-state index in [4.69, 9.17) is 15.2 Å². The second-order valence-electron chi connectivity index (χ2n) is 5.31. The maximum Gasteiger partial charge on any atom is 0.140 e. The van der Waals surface area contributed by atoms with Crippen LogP contribution in [0.2, 0.25) is 0 Å². The van der Waals surface area contributed by atoms with Crippen LogP contribution in [0.3, 0.4) is 0 Å². The molecule has 19 heavy (non-hydrogen) atoms. The highest BCUT2D eigenvalue weighted by Crippen LogP contribution is 2.24. The van der Waals surface area contributed by atoms with Gasteiger partial charge in [0.25, 0.3) is 0 Å². The Morgan fingerprint density at radius 1 is 1.26 bits per heavy atom. The monoisotopic (exact) mass is 263 g/mol. The Hall–Kier alpha value is -1.33. The minimum absolute atomic E-state index is 0.173. The summed E-state index contributed by atoms with van der Waals surface area (Å²) < 4.78 is 11.2. The molecule has 104 valence electrons. The number of aromatic nitrogens is 1. The third kappa shape index (κ3) is 3.16. The fourth-order valence-electron chi connectivity index (χ4n) is 2.60. The van der Waals surface area contributed by atoms with Gasteiger partial charge in [-0.15, -0.1) is 0 Å². The molecule has 3 rings (SSSR count). The highest BCUT2D eigenvalue weighted by atomic mass is 16.5. The van der Waals surface area contributed by atoms with E-state index in [-0.39, 0.29) is 6.10 Å². The van der Waals surface area contributed by atoms with Gasteiger partial charge in [-0.25, -0.2) is 0 Å². The summed E-state index contributed by atoms with van der Waals surface area (Å²) in [4.78, 5) is 6.61. The number of anilines is 1. The number of nitrogens with zero attached hydrogens (tertiary/aromatic N) is 2. The number of rotatable bonds is 3. The van der Waals surface area contributed by atoms with Crippen LogP contribution in [-0.4, -0.2) is 43.4 Å². The number of pyridine rings is 1. The van der Waals surface area contributed by atoms with Crippen molar-refractivity contribution in [1.82, 2.24) is 4.98 Å². The summed E-state index contributed by atoms with van der Waals surface area (Å²) in [5, 5.41) is 0. The van der Waals surface area contributed by atoms with Gasteiger partial charge in [0, 0.05) is 31.6 Å². The zero-order chi connectivity index (χ0) is 13.1. The van der Waals surface area contributed by atoms with Crippen LogP contribution in [0.4, 0.5) is 5.69 Å². The van der Waals surface area contributed by atoms with Crippen LogP contribution in [-0.2, 0) is 4.74 Å². The van der Waals surface area contributed by atoms with Crippen molar-refractivity contribution in [2.24, 2.45) is 5.73 Å². The molecular weight excluding hydrogens is 242 g/mol. The lowest BCUT2D eigenvalue weighted by Crippen LogP contribution is -2.39. The predicted molar refractivity (Wildman–Crippen MR) is 73.5 cm³/mol. The van der Waals surface area contributed by atoms with E-state index in [9.17, 15) is 0 Å². The number of piperidine rings is 1. The smallest absolute Gasteiger partial charge is 0.140 e. The average Bonchev–Trinajstić information content (AvgIpc) is 2.93. The number of ether oxygens (including phenoxy) is 2. The van der Waals surface area contributed by atoms with E-state index >= 15 is 0 Å². The zero-order valence-corrected chi connectivity index (χ0v) is 11.1. The summed E-state index contributed by atoms with van der Waals surface area (Å²) in [6.07, 6.45) is 6.89. The molecule has 0 saturated carbocycles. The van der Waals surface area contributed by atoms with Crippen LogP contribution in [0.5, 0.6) is 5.75 Å². The molecule has 1 unspecified atom stereocenters. The highest BCUT2D eigenvalue weighted by molar-refractivity contribution is 5.48. The van der Waals surface area contributed by atoms with Gasteiger partial charge < -0.3 is 20.1 Å². The maximum atomic E-state index is 5.93. The van der Waals surface area contributed by atoms with E-state index in [1.165, 1.54) is 0 Å². The summed E-state index contributed by atoms with van der Waals surface area (Å²) >= 11 is 0. The van der Waals surface area contributed by atoms with Crippen LogP contribution in [0, 0.1) is 0 Å². The molecule has 5 nitrogen and oxygen atoms in total. The minimum Gasteiger partial charge on any atom is -0.486 e. The molecule has 5 heteroatoms. The fourth-order valence-corrected chi connectivity index (χ4v) is 2.60. The lowest BCUT2D eigenvalue weighted by Gasteiger charge is -2.31. The third-order valence-corrected chi connectivity index (χ3v) is 3.79. The molecule has 0 amide bonds. The first-order valence-corrected chi connectivity index (χ1v) is 7.01. The number of hydrogen-bond acceptors (Lipinski definition) is 5. The Bertz CT molecular complexity index is 413. The standard InChI is InChI=1S/C14H21N3O2/c15-11-1-4-17(5-2-11)12-7-14(9-16-8-12)19-13-3-6-18-10-13/h7-9,11,13H,1-6,10,15H2. The molecule has 1 aromatic rings. The number of hydrogen-bond donors (Lipinski definition) is 1. The summed E-state index contributed by atoms with van der Waals surface area (Å²) in [6.45, 7) is 3.47. The van der Waals surface area contributed by atoms with Gasteiger partial charge in [0.2, 0.25) is 0 Å². The van der Waals surface area contributed by atoms with Crippen molar-refractivity contribution >= 4 is 5.69 Å². The maximum absolute atomic E-state index is 5.93. The fraction of sp³-hybridized carbons (Fsp3) is 0.643.